The number of hydrogen-bond acceptors (Lipinski definition) is 7. The van der Waals surface area contributed by atoms with Crippen molar-refractivity contribution in [3.8, 4) is 28.6 Å². The Morgan fingerprint density at radius 2 is 1.54 bits per heavy atom. The molecule has 0 bridgehead atoms. The third-order valence-electron chi connectivity index (χ3n) is 7.17. The lowest BCUT2D eigenvalue weighted by Gasteiger charge is -2.30. The summed E-state index contributed by atoms with van der Waals surface area (Å²) in [6, 6.07) is 20.5. The van der Waals surface area contributed by atoms with Gasteiger partial charge in [0.2, 0.25) is 5.95 Å². The van der Waals surface area contributed by atoms with E-state index < -0.39 is 6.04 Å². The SMILES string of the molecule is COc1cc(OC)c(C2C(C(=O)Nc3ccccc3)=C(C)Nc3nc(-c4ccc(C(C)(C)C)cc4)nn32)cc1OC. The Hall–Kier alpha value is -4.79. The van der Waals surface area contributed by atoms with Gasteiger partial charge < -0.3 is 24.8 Å². The Morgan fingerprint density at radius 3 is 2.15 bits per heavy atom. The van der Waals surface area contributed by atoms with Crippen LogP contribution in [0.1, 0.15) is 44.9 Å². The zero-order valence-corrected chi connectivity index (χ0v) is 24.4. The van der Waals surface area contributed by atoms with Gasteiger partial charge in [-0.15, -0.1) is 5.10 Å². The molecule has 1 aromatic heterocycles. The molecule has 9 heteroatoms. The van der Waals surface area contributed by atoms with Crippen molar-refractivity contribution < 1.29 is 19.0 Å². The molecular weight excluding hydrogens is 518 g/mol. The van der Waals surface area contributed by atoms with Crippen LogP contribution in [0.2, 0.25) is 0 Å². The van der Waals surface area contributed by atoms with Crippen LogP contribution in [-0.4, -0.2) is 42.0 Å². The molecule has 0 saturated carbocycles. The van der Waals surface area contributed by atoms with Crippen LogP contribution in [0.3, 0.4) is 0 Å². The van der Waals surface area contributed by atoms with E-state index in [2.05, 4.69) is 43.5 Å². The van der Waals surface area contributed by atoms with Crippen LogP contribution in [0.4, 0.5) is 11.6 Å². The number of para-hydroxylation sites is 1. The Labute approximate surface area is 240 Å². The van der Waals surface area contributed by atoms with Crippen molar-refractivity contribution in [3.05, 3.63) is 89.1 Å². The van der Waals surface area contributed by atoms with Gasteiger partial charge in [0.15, 0.2) is 17.3 Å². The molecular formula is C32H35N5O4. The van der Waals surface area contributed by atoms with Crippen molar-refractivity contribution in [3.63, 3.8) is 0 Å². The molecule has 2 N–H and O–H groups in total. The van der Waals surface area contributed by atoms with Crippen molar-refractivity contribution in [2.45, 2.75) is 39.2 Å². The fourth-order valence-corrected chi connectivity index (χ4v) is 4.96. The molecule has 4 aromatic rings. The maximum Gasteiger partial charge on any atom is 0.255 e. The first-order valence-electron chi connectivity index (χ1n) is 13.4. The third-order valence-corrected chi connectivity index (χ3v) is 7.17. The number of carbonyl (C=O) groups is 1. The zero-order valence-electron chi connectivity index (χ0n) is 24.4. The number of amides is 1. The molecule has 41 heavy (non-hydrogen) atoms. The fraction of sp³-hybridized carbons (Fsp3) is 0.281. The number of ether oxygens (including phenoxy) is 3. The maximum atomic E-state index is 13.9. The van der Waals surface area contributed by atoms with Gasteiger partial charge in [0.25, 0.3) is 5.91 Å². The third kappa shape index (κ3) is 5.35. The summed E-state index contributed by atoms with van der Waals surface area (Å²) in [6.45, 7) is 8.39. The van der Waals surface area contributed by atoms with E-state index in [9.17, 15) is 4.79 Å². The van der Waals surface area contributed by atoms with Gasteiger partial charge in [-0.3, -0.25) is 4.79 Å². The van der Waals surface area contributed by atoms with E-state index in [1.54, 1.807) is 32.1 Å². The highest BCUT2D eigenvalue weighted by Gasteiger charge is 2.37. The molecule has 2 heterocycles. The highest BCUT2D eigenvalue weighted by molar-refractivity contribution is 6.06. The summed E-state index contributed by atoms with van der Waals surface area (Å²) in [5.74, 6) is 2.30. The molecule has 1 aliphatic rings. The van der Waals surface area contributed by atoms with Crippen LogP contribution >= 0.6 is 0 Å². The molecule has 5 rings (SSSR count). The number of methoxy groups -OCH3 is 3. The van der Waals surface area contributed by atoms with Crippen LogP contribution in [0.25, 0.3) is 11.4 Å². The number of aromatic nitrogens is 3. The molecule has 3 aromatic carbocycles. The van der Waals surface area contributed by atoms with Crippen molar-refractivity contribution in [1.82, 2.24) is 14.8 Å². The summed E-state index contributed by atoms with van der Waals surface area (Å²) >= 11 is 0. The summed E-state index contributed by atoms with van der Waals surface area (Å²) in [4.78, 5) is 18.7. The Bertz CT molecular complexity index is 1600. The number of carbonyl (C=O) groups excluding carboxylic acids is 1. The van der Waals surface area contributed by atoms with Crippen LogP contribution in [-0.2, 0) is 10.2 Å². The van der Waals surface area contributed by atoms with Gasteiger partial charge in [-0.25, -0.2) is 4.68 Å². The lowest BCUT2D eigenvalue weighted by atomic mass is 9.87. The predicted molar refractivity (Wildman–Crippen MR) is 160 cm³/mol. The number of nitrogens with one attached hydrogen (secondary N) is 2. The smallest absolute Gasteiger partial charge is 0.255 e. The number of nitrogens with zero attached hydrogens (tertiary/aromatic N) is 3. The number of rotatable bonds is 7. The quantitative estimate of drug-likeness (QED) is 0.281. The lowest BCUT2D eigenvalue weighted by molar-refractivity contribution is -0.113. The molecule has 0 spiro atoms. The second-order valence-electron chi connectivity index (χ2n) is 10.9. The van der Waals surface area contributed by atoms with Gasteiger partial charge >= 0.3 is 0 Å². The average Bonchev–Trinajstić information content (AvgIpc) is 3.39. The molecule has 0 radical (unpaired) electrons. The highest BCUT2D eigenvalue weighted by Crippen LogP contribution is 2.44. The number of allylic oxidation sites excluding steroid dienone is 1. The van der Waals surface area contributed by atoms with E-state index >= 15 is 0 Å². The van der Waals surface area contributed by atoms with Gasteiger partial charge in [-0.1, -0.05) is 63.2 Å². The van der Waals surface area contributed by atoms with Gasteiger partial charge in [-0.2, -0.15) is 4.98 Å². The van der Waals surface area contributed by atoms with Crippen LogP contribution in [0.15, 0.2) is 78.0 Å². The summed E-state index contributed by atoms with van der Waals surface area (Å²) in [7, 11) is 4.72. The molecule has 1 unspecified atom stereocenters. The van der Waals surface area contributed by atoms with E-state index in [4.69, 9.17) is 24.3 Å². The van der Waals surface area contributed by atoms with E-state index in [1.807, 2.05) is 55.5 Å². The minimum absolute atomic E-state index is 0.0259. The van der Waals surface area contributed by atoms with Gasteiger partial charge in [0.05, 0.1) is 26.9 Å². The predicted octanol–water partition coefficient (Wildman–Crippen LogP) is 6.20. The Balaban J connectivity index is 1.66. The van der Waals surface area contributed by atoms with Crippen LogP contribution in [0, 0.1) is 0 Å². The minimum atomic E-state index is -0.681. The van der Waals surface area contributed by atoms with Crippen LogP contribution in [0.5, 0.6) is 17.2 Å². The summed E-state index contributed by atoms with van der Waals surface area (Å²) in [6.07, 6.45) is 0. The van der Waals surface area contributed by atoms with Crippen molar-refractivity contribution >= 4 is 17.5 Å². The maximum absolute atomic E-state index is 13.9. The second-order valence-corrected chi connectivity index (χ2v) is 10.9. The van der Waals surface area contributed by atoms with E-state index in [-0.39, 0.29) is 11.3 Å². The summed E-state index contributed by atoms with van der Waals surface area (Å²) < 4.78 is 18.7. The zero-order chi connectivity index (χ0) is 29.3. The van der Waals surface area contributed by atoms with Crippen molar-refractivity contribution in [1.29, 1.82) is 0 Å². The second kappa shape index (κ2) is 11.0. The first-order chi connectivity index (χ1) is 19.6. The Morgan fingerprint density at radius 1 is 0.902 bits per heavy atom. The largest absolute Gasteiger partial charge is 0.496 e. The highest BCUT2D eigenvalue weighted by atomic mass is 16.5. The molecule has 0 saturated heterocycles. The Kier molecular flexibility index (Phi) is 7.45. The molecule has 212 valence electrons. The number of fused-ring (bicyclic) bond motifs is 1. The van der Waals surface area contributed by atoms with Gasteiger partial charge in [0.1, 0.15) is 11.8 Å². The molecule has 1 atom stereocenters. The molecule has 9 nitrogen and oxygen atoms in total. The topological polar surface area (TPSA) is 99.5 Å². The minimum Gasteiger partial charge on any atom is -0.496 e. The molecule has 1 amide bonds. The van der Waals surface area contributed by atoms with E-state index in [0.29, 0.717) is 51.5 Å². The first kappa shape index (κ1) is 27.8. The van der Waals surface area contributed by atoms with Gasteiger partial charge in [-0.05, 0) is 36.1 Å². The van der Waals surface area contributed by atoms with Gasteiger partial charge in [0, 0.05) is 28.6 Å². The fourth-order valence-electron chi connectivity index (χ4n) is 4.96. The molecule has 0 fully saturated rings. The van der Waals surface area contributed by atoms with E-state index in [1.165, 1.54) is 5.56 Å². The average molecular weight is 554 g/mol. The standard InChI is InChI=1S/C32H35N5O4/c1-19-27(30(38)34-22-11-9-8-10-12-22)28(23-17-25(40-6)26(41-7)18-24(23)39-5)37-31(33-19)35-29(36-37)20-13-15-21(16-14-20)32(2,3)4/h8-18,28H,1-7H3,(H,34,38)(H,33,35,36). The number of hydrogen-bond donors (Lipinski definition) is 2. The molecule has 0 aliphatic carbocycles. The lowest BCUT2D eigenvalue weighted by Crippen LogP contribution is -2.31. The monoisotopic (exact) mass is 553 g/mol. The van der Waals surface area contributed by atoms with Crippen LogP contribution < -0.4 is 24.8 Å². The van der Waals surface area contributed by atoms with E-state index in [0.717, 1.165) is 5.56 Å². The summed E-state index contributed by atoms with van der Waals surface area (Å²) in [5.41, 5.74) is 4.57. The number of anilines is 2. The first-order valence-corrected chi connectivity index (χ1v) is 13.4. The molecule has 1 aliphatic heterocycles. The summed E-state index contributed by atoms with van der Waals surface area (Å²) in [5, 5.41) is 11.2. The normalized spacial score (nSPS) is 14.7. The van der Waals surface area contributed by atoms with Crippen molar-refractivity contribution in [2.24, 2.45) is 0 Å². The number of benzene rings is 3. The van der Waals surface area contributed by atoms with Crippen molar-refractivity contribution in [2.75, 3.05) is 32.0 Å².